The maximum absolute atomic E-state index is 13.4. The van der Waals surface area contributed by atoms with Gasteiger partial charge in [-0.15, -0.1) is 0 Å². The fourth-order valence-electron chi connectivity index (χ4n) is 3.93. The van der Waals surface area contributed by atoms with Crippen LogP contribution in [0, 0.1) is 0 Å². The van der Waals surface area contributed by atoms with Crippen LogP contribution in [0.15, 0.2) is 42.5 Å². The Bertz CT molecular complexity index is 1160. The van der Waals surface area contributed by atoms with Gasteiger partial charge >= 0.3 is 0 Å². The van der Waals surface area contributed by atoms with Gasteiger partial charge in [0.05, 0.1) is 28.6 Å². The van der Waals surface area contributed by atoms with E-state index in [2.05, 4.69) is 5.32 Å². The molecule has 2 aromatic rings. The summed E-state index contributed by atoms with van der Waals surface area (Å²) in [6, 6.07) is 11.2. The molecule has 11 heteroatoms. The highest BCUT2D eigenvalue weighted by atomic mass is 35.5. The lowest BCUT2D eigenvalue weighted by Crippen LogP contribution is -2.49. The average molecular weight is 573 g/mol. The molecule has 0 aliphatic carbocycles. The summed E-state index contributed by atoms with van der Waals surface area (Å²) < 4.78 is 31.7. The van der Waals surface area contributed by atoms with E-state index in [0.717, 1.165) is 11.8 Å². The number of likely N-dealkylation sites (N-methyl/N-ethyl adjacent to an activating group) is 1. The predicted molar refractivity (Wildman–Crippen MR) is 149 cm³/mol. The summed E-state index contributed by atoms with van der Waals surface area (Å²) in [5.74, 6) is 0.138. The normalized spacial score (nSPS) is 12.1. The summed E-state index contributed by atoms with van der Waals surface area (Å²) in [6.45, 7) is 6.74. The van der Waals surface area contributed by atoms with Crippen molar-refractivity contribution in [1.29, 1.82) is 0 Å². The van der Waals surface area contributed by atoms with Crippen molar-refractivity contribution >= 4 is 50.7 Å². The quantitative estimate of drug-likeness (QED) is 0.348. The molecule has 2 rings (SSSR count). The Labute approximate surface area is 229 Å². The SMILES string of the molecule is CCNC(=O)[C@@H](CC)N(Cc1ccc(Cl)c(Cl)c1)C(=O)CCCN(c1ccc(OCC)cc1)S(C)(=O)=O. The van der Waals surface area contributed by atoms with E-state index in [1.807, 2.05) is 20.8 Å². The molecule has 2 amide bonds. The number of hydrogen-bond acceptors (Lipinski definition) is 5. The number of sulfonamides is 1. The fraction of sp³-hybridized carbons (Fsp3) is 0.462. The standard InChI is InChI=1S/C26H35Cl2N3O5S/c1-5-24(26(33)29-6-2)30(18-19-10-15-22(27)23(28)17-19)25(32)9-8-16-31(37(4,34)35)20-11-13-21(14-12-20)36-7-3/h10-15,17,24H,5-9,16,18H2,1-4H3,(H,29,33)/t24-/m1/s1. The Morgan fingerprint density at radius 1 is 1.03 bits per heavy atom. The Kier molecular flexibility index (Phi) is 12.0. The van der Waals surface area contributed by atoms with Crippen LogP contribution in [0.5, 0.6) is 5.75 Å². The number of nitrogens with zero attached hydrogens (tertiary/aromatic N) is 2. The summed E-state index contributed by atoms with van der Waals surface area (Å²) in [4.78, 5) is 27.7. The number of nitrogens with one attached hydrogen (secondary N) is 1. The summed E-state index contributed by atoms with van der Waals surface area (Å²) in [5.41, 5.74) is 1.22. The second-order valence-corrected chi connectivity index (χ2v) is 11.2. The van der Waals surface area contributed by atoms with Gasteiger partial charge in [-0.2, -0.15) is 0 Å². The van der Waals surface area contributed by atoms with Gasteiger partial charge in [0.1, 0.15) is 11.8 Å². The first-order chi connectivity index (χ1) is 17.5. The van der Waals surface area contributed by atoms with Crippen molar-refractivity contribution in [3.63, 3.8) is 0 Å². The molecule has 0 radical (unpaired) electrons. The van der Waals surface area contributed by atoms with E-state index in [0.29, 0.717) is 41.1 Å². The van der Waals surface area contributed by atoms with Gasteiger partial charge in [0.15, 0.2) is 0 Å². The van der Waals surface area contributed by atoms with Gasteiger partial charge in [-0.05, 0) is 68.7 Å². The van der Waals surface area contributed by atoms with E-state index in [9.17, 15) is 18.0 Å². The van der Waals surface area contributed by atoms with Gasteiger partial charge in [0.25, 0.3) is 0 Å². The van der Waals surface area contributed by atoms with Crippen LogP contribution in [-0.2, 0) is 26.2 Å². The Morgan fingerprint density at radius 2 is 1.70 bits per heavy atom. The van der Waals surface area contributed by atoms with Crippen molar-refractivity contribution in [2.75, 3.05) is 30.3 Å². The summed E-state index contributed by atoms with van der Waals surface area (Å²) >= 11 is 12.2. The molecule has 0 aliphatic heterocycles. The van der Waals surface area contributed by atoms with Crippen molar-refractivity contribution in [3.8, 4) is 5.75 Å². The van der Waals surface area contributed by atoms with Crippen LogP contribution in [0.3, 0.4) is 0 Å². The van der Waals surface area contributed by atoms with E-state index in [1.165, 1.54) is 9.21 Å². The molecule has 0 spiro atoms. The Morgan fingerprint density at radius 3 is 2.24 bits per heavy atom. The number of carbonyl (C=O) groups is 2. The number of carbonyl (C=O) groups excluding carboxylic acids is 2. The molecule has 1 atom stereocenters. The Balaban J connectivity index is 2.21. The highest BCUT2D eigenvalue weighted by molar-refractivity contribution is 7.92. The topological polar surface area (TPSA) is 96.0 Å². The minimum atomic E-state index is -3.58. The van der Waals surface area contributed by atoms with E-state index in [1.54, 1.807) is 42.5 Å². The molecule has 8 nitrogen and oxygen atoms in total. The zero-order valence-electron chi connectivity index (χ0n) is 21.7. The Hall–Kier alpha value is -2.49. The molecule has 0 saturated heterocycles. The predicted octanol–water partition coefficient (Wildman–Crippen LogP) is 4.88. The zero-order valence-corrected chi connectivity index (χ0v) is 24.0. The number of hydrogen-bond donors (Lipinski definition) is 1. The van der Waals surface area contributed by atoms with Crippen molar-refractivity contribution in [1.82, 2.24) is 10.2 Å². The highest BCUT2D eigenvalue weighted by Crippen LogP contribution is 2.25. The third-order valence-corrected chi connectivity index (χ3v) is 7.59. The van der Waals surface area contributed by atoms with Gasteiger partial charge in [0, 0.05) is 26.1 Å². The van der Waals surface area contributed by atoms with Gasteiger partial charge in [-0.1, -0.05) is 36.2 Å². The molecule has 0 aromatic heterocycles. The minimum Gasteiger partial charge on any atom is -0.494 e. The van der Waals surface area contributed by atoms with Gasteiger partial charge in [-0.25, -0.2) is 8.42 Å². The van der Waals surface area contributed by atoms with E-state index >= 15 is 0 Å². The van der Waals surface area contributed by atoms with Crippen molar-refractivity contribution in [3.05, 3.63) is 58.1 Å². The zero-order chi connectivity index (χ0) is 27.6. The lowest BCUT2D eigenvalue weighted by atomic mass is 10.1. The number of benzene rings is 2. The third-order valence-electron chi connectivity index (χ3n) is 5.66. The molecule has 1 N–H and O–H groups in total. The molecule has 0 heterocycles. The first kappa shape index (κ1) is 30.7. The van der Waals surface area contributed by atoms with Gasteiger partial charge in [0.2, 0.25) is 21.8 Å². The molecule has 0 bridgehead atoms. The fourth-order valence-corrected chi connectivity index (χ4v) is 5.21. The number of anilines is 1. The molecule has 0 fully saturated rings. The molecule has 37 heavy (non-hydrogen) atoms. The number of halogens is 2. The number of amides is 2. The molecular weight excluding hydrogens is 537 g/mol. The first-order valence-corrected chi connectivity index (χ1v) is 14.8. The van der Waals surface area contributed by atoms with Gasteiger partial charge < -0.3 is 15.0 Å². The van der Waals surface area contributed by atoms with Crippen molar-refractivity contribution in [2.45, 2.75) is 52.6 Å². The van der Waals surface area contributed by atoms with Crippen LogP contribution in [0.25, 0.3) is 0 Å². The maximum Gasteiger partial charge on any atom is 0.242 e. The molecule has 0 aliphatic rings. The minimum absolute atomic E-state index is 0.0558. The van der Waals surface area contributed by atoms with E-state index in [-0.39, 0.29) is 37.7 Å². The molecular formula is C26H35Cl2N3O5S. The molecule has 204 valence electrons. The summed E-state index contributed by atoms with van der Waals surface area (Å²) in [5, 5.41) is 3.55. The largest absolute Gasteiger partial charge is 0.494 e. The van der Waals surface area contributed by atoms with E-state index < -0.39 is 16.1 Å². The molecule has 2 aromatic carbocycles. The highest BCUT2D eigenvalue weighted by Gasteiger charge is 2.28. The molecule has 0 saturated carbocycles. The lowest BCUT2D eigenvalue weighted by Gasteiger charge is -2.31. The van der Waals surface area contributed by atoms with Crippen molar-refractivity contribution < 1.29 is 22.7 Å². The van der Waals surface area contributed by atoms with Crippen LogP contribution in [0.1, 0.15) is 45.6 Å². The summed E-state index contributed by atoms with van der Waals surface area (Å²) in [7, 11) is -3.58. The average Bonchev–Trinajstić information content (AvgIpc) is 2.84. The van der Waals surface area contributed by atoms with Gasteiger partial charge in [-0.3, -0.25) is 13.9 Å². The molecule has 0 unspecified atom stereocenters. The summed E-state index contributed by atoms with van der Waals surface area (Å²) in [6.07, 6.45) is 1.87. The van der Waals surface area contributed by atoms with Crippen LogP contribution in [0.2, 0.25) is 10.0 Å². The third kappa shape index (κ3) is 9.09. The van der Waals surface area contributed by atoms with Crippen LogP contribution < -0.4 is 14.4 Å². The van der Waals surface area contributed by atoms with Crippen molar-refractivity contribution in [2.24, 2.45) is 0 Å². The van der Waals surface area contributed by atoms with E-state index in [4.69, 9.17) is 27.9 Å². The second-order valence-electron chi connectivity index (χ2n) is 8.45. The monoisotopic (exact) mass is 571 g/mol. The second kappa shape index (κ2) is 14.4. The van der Waals surface area contributed by atoms with Crippen LogP contribution in [0.4, 0.5) is 5.69 Å². The smallest absolute Gasteiger partial charge is 0.242 e. The lowest BCUT2D eigenvalue weighted by molar-refractivity contribution is -0.141. The number of ether oxygens (including phenoxy) is 1. The van der Waals surface area contributed by atoms with Crippen LogP contribution in [-0.4, -0.2) is 57.1 Å². The maximum atomic E-state index is 13.4. The first-order valence-electron chi connectivity index (χ1n) is 12.2. The van der Waals surface area contributed by atoms with Crippen LogP contribution >= 0.6 is 23.2 Å². The number of rotatable bonds is 14.